The van der Waals surface area contributed by atoms with Gasteiger partial charge >= 0.3 is 0 Å². The van der Waals surface area contributed by atoms with Crippen molar-refractivity contribution in [1.82, 2.24) is 9.97 Å². The van der Waals surface area contributed by atoms with Crippen molar-refractivity contribution in [1.29, 1.82) is 0 Å². The fourth-order valence-corrected chi connectivity index (χ4v) is 2.14. The highest BCUT2D eigenvalue weighted by molar-refractivity contribution is 6.31. The number of aryl methyl sites for hydroxylation is 1. The first kappa shape index (κ1) is 15.8. The van der Waals surface area contributed by atoms with Crippen LogP contribution < -0.4 is 5.32 Å². The van der Waals surface area contributed by atoms with Gasteiger partial charge in [0.1, 0.15) is 5.82 Å². The largest absolute Gasteiger partial charge is 0.370 e. The summed E-state index contributed by atoms with van der Waals surface area (Å²) in [5.74, 6) is 1.56. The van der Waals surface area contributed by atoms with Crippen LogP contribution in [0.3, 0.4) is 0 Å². The van der Waals surface area contributed by atoms with Gasteiger partial charge in [0.25, 0.3) is 0 Å². The van der Waals surface area contributed by atoms with E-state index in [9.17, 15) is 0 Å². The van der Waals surface area contributed by atoms with Gasteiger partial charge in [0.2, 0.25) is 0 Å². The second-order valence-corrected chi connectivity index (χ2v) is 6.61. The highest BCUT2D eigenvalue weighted by Crippen LogP contribution is 2.28. The standard InChI is InChI=1S/C17H22ClN3/c1-6-19-15-10-14(17(3,4)5)20-16(21-15)12-8-7-11(2)13(18)9-12/h7-10H,6H2,1-5H3,(H,19,20,21). The second-order valence-electron chi connectivity index (χ2n) is 6.21. The number of benzene rings is 1. The zero-order valence-corrected chi connectivity index (χ0v) is 14.0. The van der Waals surface area contributed by atoms with Gasteiger partial charge in [-0.05, 0) is 25.5 Å². The van der Waals surface area contributed by atoms with Crippen molar-refractivity contribution in [3.63, 3.8) is 0 Å². The average molecular weight is 304 g/mol. The number of halogens is 1. The number of aromatic nitrogens is 2. The van der Waals surface area contributed by atoms with E-state index in [4.69, 9.17) is 16.6 Å². The summed E-state index contributed by atoms with van der Waals surface area (Å²) in [7, 11) is 0. The second kappa shape index (κ2) is 6.02. The van der Waals surface area contributed by atoms with Gasteiger partial charge in [-0.25, -0.2) is 9.97 Å². The molecular weight excluding hydrogens is 282 g/mol. The topological polar surface area (TPSA) is 37.8 Å². The summed E-state index contributed by atoms with van der Waals surface area (Å²) < 4.78 is 0. The molecule has 2 aromatic rings. The Morgan fingerprint density at radius 3 is 2.43 bits per heavy atom. The fraction of sp³-hybridized carbons (Fsp3) is 0.412. The monoisotopic (exact) mass is 303 g/mol. The summed E-state index contributed by atoms with van der Waals surface area (Å²) >= 11 is 6.22. The number of rotatable bonds is 3. The van der Waals surface area contributed by atoms with E-state index in [0.29, 0.717) is 5.82 Å². The number of hydrogen-bond donors (Lipinski definition) is 1. The highest BCUT2D eigenvalue weighted by atomic mass is 35.5. The fourth-order valence-electron chi connectivity index (χ4n) is 1.96. The van der Waals surface area contributed by atoms with Crippen molar-refractivity contribution < 1.29 is 0 Å². The van der Waals surface area contributed by atoms with Gasteiger partial charge in [-0.2, -0.15) is 0 Å². The van der Waals surface area contributed by atoms with E-state index in [0.717, 1.165) is 34.2 Å². The van der Waals surface area contributed by atoms with Crippen LogP contribution in [0, 0.1) is 6.92 Å². The van der Waals surface area contributed by atoms with Crippen molar-refractivity contribution in [3.05, 3.63) is 40.5 Å². The summed E-state index contributed by atoms with van der Waals surface area (Å²) in [5, 5.41) is 4.01. The summed E-state index contributed by atoms with van der Waals surface area (Å²) in [6.07, 6.45) is 0. The van der Waals surface area contributed by atoms with Crippen molar-refractivity contribution in [3.8, 4) is 11.4 Å². The molecule has 0 aliphatic rings. The number of anilines is 1. The smallest absolute Gasteiger partial charge is 0.161 e. The molecule has 1 aromatic carbocycles. The van der Waals surface area contributed by atoms with E-state index in [1.165, 1.54) is 0 Å². The molecule has 0 fully saturated rings. The normalized spacial score (nSPS) is 11.5. The zero-order chi connectivity index (χ0) is 15.6. The third-order valence-corrected chi connectivity index (χ3v) is 3.69. The maximum Gasteiger partial charge on any atom is 0.161 e. The van der Waals surface area contributed by atoms with Gasteiger partial charge in [-0.3, -0.25) is 0 Å². The van der Waals surface area contributed by atoms with Crippen molar-refractivity contribution in [2.24, 2.45) is 0 Å². The number of nitrogens with zero attached hydrogens (tertiary/aromatic N) is 2. The molecule has 1 heterocycles. The molecule has 0 spiro atoms. The van der Waals surface area contributed by atoms with Gasteiger partial charge in [0.05, 0.1) is 5.69 Å². The molecule has 0 saturated carbocycles. The van der Waals surface area contributed by atoms with Gasteiger partial charge in [-0.1, -0.05) is 44.5 Å². The van der Waals surface area contributed by atoms with Crippen LogP contribution in [0.1, 0.15) is 39.0 Å². The first-order chi connectivity index (χ1) is 9.81. The summed E-state index contributed by atoms with van der Waals surface area (Å²) in [4.78, 5) is 9.32. The molecule has 0 aliphatic heterocycles. The van der Waals surface area contributed by atoms with E-state index in [-0.39, 0.29) is 5.41 Å². The molecule has 0 radical (unpaired) electrons. The van der Waals surface area contributed by atoms with Crippen LogP contribution in [0.2, 0.25) is 5.02 Å². The van der Waals surface area contributed by atoms with Crippen molar-refractivity contribution in [2.75, 3.05) is 11.9 Å². The Balaban J connectivity index is 2.56. The molecule has 0 unspecified atom stereocenters. The quantitative estimate of drug-likeness (QED) is 0.882. The third kappa shape index (κ3) is 3.73. The molecule has 4 heteroatoms. The Kier molecular flexibility index (Phi) is 4.52. The van der Waals surface area contributed by atoms with E-state index in [1.54, 1.807) is 0 Å². The Hall–Kier alpha value is -1.61. The van der Waals surface area contributed by atoms with Crippen LogP contribution in [-0.4, -0.2) is 16.5 Å². The van der Waals surface area contributed by atoms with Crippen LogP contribution in [0.15, 0.2) is 24.3 Å². The summed E-state index contributed by atoms with van der Waals surface area (Å²) in [6.45, 7) is 11.3. The first-order valence-corrected chi connectivity index (χ1v) is 7.59. The lowest BCUT2D eigenvalue weighted by atomic mass is 9.91. The molecule has 0 aliphatic carbocycles. The molecule has 21 heavy (non-hydrogen) atoms. The minimum absolute atomic E-state index is 0.0314. The highest BCUT2D eigenvalue weighted by Gasteiger charge is 2.18. The molecule has 0 saturated heterocycles. The van der Waals surface area contributed by atoms with Crippen LogP contribution in [0.5, 0.6) is 0 Å². The van der Waals surface area contributed by atoms with Gasteiger partial charge in [-0.15, -0.1) is 0 Å². The maximum absolute atomic E-state index is 6.22. The molecule has 0 amide bonds. The third-order valence-electron chi connectivity index (χ3n) is 3.28. The zero-order valence-electron chi connectivity index (χ0n) is 13.3. The Labute approximate surface area is 131 Å². The van der Waals surface area contributed by atoms with Crippen molar-refractivity contribution >= 4 is 17.4 Å². The first-order valence-electron chi connectivity index (χ1n) is 7.21. The summed E-state index contributed by atoms with van der Waals surface area (Å²) in [5.41, 5.74) is 2.98. The van der Waals surface area contributed by atoms with E-state index < -0.39 is 0 Å². The lowest BCUT2D eigenvalue weighted by Crippen LogP contribution is -2.16. The lowest BCUT2D eigenvalue weighted by molar-refractivity contribution is 0.568. The minimum atomic E-state index is -0.0314. The van der Waals surface area contributed by atoms with Crippen LogP contribution >= 0.6 is 11.6 Å². The molecule has 0 bridgehead atoms. The summed E-state index contributed by atoms with van der Waals surface area (Å²) in [6, 6.07) is 7.95. The predicted octanol–water partition coefficient (Wildman–Crippen LogP) is 4.83. The molecule has 112 valence electrons. The van der Waals surface area contributed by atoms with E-state index in [2.05, 4.69) is 38.0 Å². The van der Waals surface area contributed by atoms with Crippen LogP contribution in [0.25, 0.3) is 11.4 Å². The van der Waals surface area contributed by atoms with E-state index in [1.807, 2.05) is 31.2 Å². The number of hydrogen-bond acceptors (Lipinski definition) is 3. The number of nitrogens with one attached hydrogen (secondary N) is 1. The van der Waals surface area contributed by atoms with Crippen molar-refractivity contribution in [2.45, 2.75) is 40.0 Å². The average Bonchev–Trinajstić information content (AvgIpc) is 2.41. The van der Waals surface area contributed by atoms with E-state index >= 15 is 0 Å². The maximum atomic E-state index is 6.22. The minimum Gasteiger partial charge on any atom is -0.370 e. The molecule has 1 N–H and O–H groups in total. The van der Waals surface area contributed by atoms with Crippen LogP contribution in [-0.2, 0) is 5.41 Å². The SMILES string of the molecule is CCNc1cc(C(C)(C)C)nc(-c2ccc(C)c(Cl)c2)n1. The molecule has 3 nitrogen and oxygen atoms in total. The lowest BCUT2D eigenvalue weighted by Gasteiger charge is -2.19. The Morgan fingerprint density at radius 1 is 1.14 bits per heavy atom. The molecule has 1 aromatic heterocycles. The van der Waals surface area contributed by atoms with Gasteiger partial charge in [0, 0.05) is 28.6 Å². The van der Waals surface area contributed by atoms with Gasteiger partial charge < -0.3 is 5.32 Å². The molecule has 0 atom stereocenters. The predicted molar refractivity (Wildman–Crippen MR) is 90.1 cm³/mol. The van der Waals surface area contributed by atoms with Gasteiger partial charge in [0.15, 0.2) is 5.82 Å². The molecular formula is C17H22ClN3. The Bertz CT molecular complexity index is 645. The molecule has 2 rings (SSSR count). The Morgan fingerprint density at radius 2 is 1.86 bits per heavy atom. The van der Waals surface area contributed by atoms with Crippen LogP contribution in [0.4, 0.5) is 5.82 Å².